The standard InChI is InChI=1S/C6H14.C3H8O.CH4O/c1-3-5-6-4-2;1-2-3-4;1-2/h3-6H2,1-2H3;4H,2-3H2,1H3;2H,1H3. The van der Waals surface area contributed by atoms with Crippen LogP contribution in [0, 0.1) is 0 Å². The quantitative estimate of drug-likeness (QED) is 0.650. The van der Waals surface area contributed by atoms with Crippen molar-refractivity contribution in [2.75, 3.05) is 13.7 Å². The molecule has 0 aliphatic rings. The van der Waals surface area contributed by atoms with Gasteiger partial charge in [0.2, 0.25) is 0 Å². The van der Waals surface area contributed by atoms with E-state index in [0.717, 1.165) is 13.5 Å². The molecule has 12 heavy (non-hydrogen) atoms. The highest BCUT2D eigenvalue weighted by molar-refractivity contribution is 4.31. The Kier molecular flexibility index (Phi) is 45.6. The van der Waals surface area contributed by atoms with Crippen LogP contribution in [-0.4, -0.2) is 23.9 Å². The molecule has 0 aliphatic heterocycles. The van der Waals surface area contributed by atoms with Gasteiger partial charge in [-0.25, -0.2) is 0 Å². The van der Waals surface area contributed by atoms with Crippen LogP contribution in [0.15, 0.2) is 0 Å². The van der Waals surface area contributed by atoms with Crippen LogP contribution in [0.1, 0.15) is 52.9 Å². The molecule has 0 atom stereocenters. The molecule has 0 aliphatic carbocycles. The molecular formula is C10H26O2. The maximum atomic E-state index is 7.88. The highest BCUT2D eigenvalue weighted by Gasteiger charge is 1.75. The summed E-state index contributed by atoms with van der Waals surface area (Å²) >= 11 is 0. The fourth-order valence-electron chi connectivity index (χ4n) is 0.500. The lowest BCUT2D eigenvalue weighted by atomic mass is 10.2. The van der Waals surface area contributed by atoms with E-state index in [0.29, 0.717) is 6.61 Å². The van der Waals surface area contributed by atoms with Crippen molar-refractivity contribution < 1.29 is 10.2 Å². The fraction of sp³-hybridized carbons (Fsp3) is 1.00. The lowest BCUT2D eigenvalue weighted by Crippen LogP contribution is -1.69. The molecule has 2 nitrogen and oxygen atoms in total. The molecule has 0 rings (SSSR count). The van der Waals surface area contributed by atoms with Gasteiger partial charge in [-0.1, -0.05) is 46.5 Å². The lowest BCUT2D eigenvalue weighted by molar-refractivity contribution is 0.295. The first-order chi connectivity index (χ1) is 5.83. The molecule has 0 spiro atoms. The third kappa shape index (κ3) is 51.4. The Morgan fingerprint density at radius 3 is 1.08 bits per heavy atom. The molecule has 0 aromatic carbocycles. The van der Waals surface area contributed by atoms with Gasteiger partial charge in [0.25, 0.3) is 0 Å². The van der Waals surface area contributed by atoms with Gasteiger partial charge < -0.3 is 10.2 Å². The van der Waals surface area contributed by atoms with Crippen molar-refractivity contribution in [1.82, 2.24) is 0 Å². The molecule has 0 aromatic rings. The molecule has 0 bridgehead atoms. The monoisotopic (exact) mass is 178 g/mol. The number of hydrogen-bond donors (Lipinski definition) is 2. The molecule has 0 aromatic heterocycles. The second-order valence-corrected chi connectivity index (χ2v) is 2.43. The van der Waals surface area contributed by atoms with Gasteiger partial charge >= 0.3 is 0 Å². The summed E-state index contributed by atoms with van der Waals surface area (Å²) in [6, 6.07) is 0. The molecule has 2 N–H and O–H groups in total. The van der Waals surface area contributed by atoms with Crippen LogP contribution >= 0.6 is 0 Å². The Balaban J connectivity index is -0.000000118. The smallest absolute Gasteiger partial charge is 0.0428 e. The van der Waals surface area contributed by atoms with Crippen LogP contribution in [0.2, 0.25) is 0 Å². The molecule has 78 valence electrons. The average molecular weight is 178 g/mol. The fourth-order valence-corrected chi connectivity index (χ4v) is 0.500. The van der Waals surface area contributed by atoms with Gasteiger partial charge in [-0.3, -0.25) is 0 Å². The van der Waals surface area contributed by atoms with Gasteiger partial charge in [0.1, 0.15) is 0 Å². The first-order valence-corrected chi connectivity index (χ1v) is 4.88. The van der Waals surface area contributed by atoms with Gasteiger partial charge in [-0.05, 0) is 6.42 Å². The van der Waals surface area contributed by atoms with E-state index in [2.05, 4.69) is 13.8 Å². The van der Waals surface area contributed by atoms with Crippen LogP contribution in [0.25, 0.3) is 0 Å². The van der Waals surface area contributed by atoms with E-state index in [4.69, 9.17) is 10.2 Å². The summed E-state index contributed by atoms with van der Waals surface area (Å²) in [6.45, 7) is 6.71. The summed E-state index contributed by atoms with van der Waals surface area (Å²) in [5.74, 6) is 0. The summed E-state index contributed by atoms with van der Waals surface area (Å²) in [5, 5.41) is 14.9. The Hall–Kier alpha value is -0.0800. The molecule has 0 radical (unpaired) electrons. The Morgan fingerprint density at radius 1 is 0.750 bits per heavy atom. The zero-order valence-corrected chi connectivity index (χ0v) is 9.14. The molecule has 2 heteroatoms. The van der Waals surface area contributed by atoms with Crippen molar-refractivity contribution in [3.63, 3.8) is 0 Å². The number of hydrogen-bond acceptors (Lipinski definition) is 2. The zero-order chi connectivity index (χ0) is 10.2. The molecule has 0 saturated carbocycles. The van der Waals surface area contributed by atoms with E-state index >= 15 is 0 Å². The number of aliphatic hydroxyl groups is 2. The first-order valence-electron chi connectivity index (χ1n) is 4.88. The highest BCUT2D eigenvalue weighted by atomic mass is 16.3. The van der Waals surface area contributed by atoms with Crippen LogP contribution in [0.5, 0.6) is 0 Å². The molecule has 0 amide bonds. The van der Waals surface area contributed by atoms with Gasteiger partial charge in [0, 0.05) is 13.7 Å². The van der Waals surface area contributed by atoms with Crippen molar-refractivity contribution in [2.45, 2.75) is 52.9 Å². The predicted octanol–water partition coefficient (Wildman–Crippen LogP) is 2.58. The topological polar surface area (TPSA) is 40.5 Å². The molecule has 0 fully saturated rings. The number of aliphatic hydroxyl groups excluding tert-OH is 2. The average Bonchev–Trinajstić information content (AvgIpc) is 2.18. The second kappa shape index (κ2) is 30.7. The minimum atomic E-state index is 0.319. The van der Waals surface area contributed by atoms with Crippen LogP contribution in [0.3, 0.4) is 0 Å². The van der Waals surface area contributed by atoms with Crippen LogP contribution in [-0.2, 0) is 0 Å². The zero-order valence-electron chi connectivity index (χ0n) is 9.14. The third-order valence-electron chi connectivity index (χ3n) is 1.18. The predicted molar refractivity (Wildman–Crippen MR) is 55.3 cm³/mol. The summed E-state index contributed by atoms with van der Waals surface area (Å²) in [5.41, 5.74) is 0. The maximum absolute atomic E-state index is 7.88. The SMILES string of the molecule is CCCCCC.CCCO.CO. The molecular weight excluding hydrogens is 152 g/mol. The summed E-state index contributed by atoms with van der Waals surface area (Å²) in [4.78, 5) is 0. The first kappa shape index (κ1) is 17.9. The number of unbranched alkanes of at least 4 members (excludes halogenated alkanes) is 3. The van der Waals surface area contributed by atoms with Gasteiger partial charge in [0.15, 0.2) is 0 Å². The minimum absolute atomic E-state index is 0.319. The van der Waals surface area contributed by atoms with E-state index in [9.17, 15) is 0 Å². The van der Waals surface area contributed by atoms with Crippen molar-refractivity contribution in [3.8, 4) is 0 Å². The van der Waals surface area contributed by atoms with Crippen molar-refractivity contribution in [1.29, 1.82) is 0 Å². The minimum Gasteiger partial charge on any atom is -0.400 e. The summed E-state index contributed by atoms with van der Waals surface area (Å²) in [6.07, 6.45) is 6.41. The Bertz CT molecular complexity index is 32.8. The normalized spacial score (nSPS) is 7.50. The van der Waals surface area contributed by atoms with Crippen LogP contribution in [0.4, 0.5) is 0 Å². The van der Waals surface area contributed by atoms with E-state index in [1.807, 2.05) is 6.92 Å². The lowest BCUT2D eigenvalue weighted by Gasteiger charge is -1.86. The van der Waals surface area contributed by atoms with Crippen LogP contribution < -0.4 is 0 Å². The molecule has 0 heterocycles. The van der Waals surface area contributed by atoms with E-state index in [-0.39, 0.29) is 0 Å². The van der Waals surface area contributed by atoms with Gasteiger partial charge in [-0.15, -0.1) is 0 Å². The van der Waals surface area contributed by atoms with E-state index in [1.165, 1.54) is 25.7 Å². The maximum Gasteiger partial charge on any atom is 0.0428 e. The molecule has 0 unspecified atom stereocenters. The van der Waals surface area contributed by atoms with Gasteiger partial charge in [0.05, 0.1) is 0 Å². The summed E-state index contributed by atoms with van der Waals surface area (Å²) in [7, 11) is 1.00. The second-order valence-electron chi connectivity index (χ2n) is 2.43. The molecule has 0 saturated heterocycles. The van der Waals surface area contributed by atoms with Gasteiger partial charge in [-0.2, -0.15) is 0 Å². The largest absolute Gasteiger partial charge is 0.400 e. The summed E-state index contributed by atoms with van der Waals surface area (Å²) < 4.78 is 0. The van der Waals surface area contributed by atoms with Crippen molar-refractivity contribution >= 4 is 0 Å². The van der Waals surface area contributed by atoms with Crippen molar-refractivity contribution in [2.24, 2.45) is 0 Å². The third-order valence-corrected chi connectivity index (χ3v) is 1.18. The number of rotatable bonds is 4. The van der Waals surface area contributed by atoms with E-state index < -0.39 is 0 Å². The Morgan fingerprint density at radius 2 is 1.00 bits per heavy atom. The highest BCUT2D eigenvalue weighted by Crippen LogP contribution is 1.95. The van der Waals surface area contributed by atoms with E-state index in [1.54, 1.807) is 0 Å². The Labute approximate surface area is 77.6 Å². The van der Waals surface area contributed by atoms with Crippen molar-refractivity contribution in [3.05, 3.63) is 0 Å².